The number of anilines is 3. The van der Waals surface area contributed by atoms with Gasteiger partial charge in [-0.2, -0.15) is 23.3 Å². The Hall–Kier alpha value is -2.87. The van der Waals surface area contributed by atoms with Gasteiger partial charge in [-0.1, -0.05) is 41.9 Å². The number of nitrogens with zero attached hydrogens (tertiary/aromatic N) is 3. The highest BCUT2D eigenvalue weighted by Crippen LogP contribution is 2.34. The van der Waals surface area contributed by atoms with E-state index in [4.69, 9.17) is 11.6 Å². The minimum Gasteiger partial charge on any atom is -0.349 e. The van der Waals surface area contributed by atoms with E-state index in [1.165, 1.54) is 12.3 Å². The average molecular weight is 380 g/mol. The summed E-state index contributed by atoms with van der Waals surface area (Å²) in [6, 6.07) is 12.6. The molecule has 1 heterocycles. The van der Waals surface area contributed by atoms with Crippen molar-refractivity contribution in [3.63, 3.8) is 0 Å². The Balaban J connectivity index is 1.75. The Morgan fingerprint density at radius 1 is 1.04 bits per heavy atom. The fraction of sp³-hybridized carbons (Fsp3) is 0.118. The summed E-state index contributed by atoms with van der Waals surface area (Å²) in [6.45, 7) is 0.482. The van der Waals surface area contributed by atoms with Gasteiger partial charge in [-0.3, -0.25) is 0 Å². The van der Waals surface area contributed by atoms with E-state index in [-0.39, 0.29) is 22.5 Å². The van der Waals surface area contributed by atoms with Gasteiger partial charge in [0.15, 0.2) is 5.82 Å². The third-order valence-electron chi connectivity index (χ3n) is 3.41. The van der Waals surface area contributed by atoms with Crippen molar-refractivity contribution in [2.45, 2.75) is 12.7 Å². The summed E-state index contributed by atoms with van der Waals surface area (Å²) in [5.41, 5.74) is 0.292. The van der Waals surface area contributed by atoms with Crippen LogP contribution in [0.15, 0.2) is 54.7 Å². The largest absolute Gasteiger partial charge is 0.416 e. The number of aromatic nitrogens is 3. The lowest BCUT2D eigenvalue weighted by Crippen LogP contribution is -2.08. The molecule has 2 N–H and O–H groups in total. The van der Waals surface area contributed by atoms with Crippen LogP contribution in [-0.2, 0) is 12.7 Å². The van der Waals surface area contributed by atoms with Crippen LogP contribution in [0.1, 0.15) is 11.1 Å². The molecule has 0 bridgehead atoms. The molecule has 5 nitrogen and oxygen atoms in total. The molecule has 0 spiro atoms. The van der Waals surface area contributed by atoms with Crippen LogP contribution in [-0.4, -0.2) is 15.2 Å². The van der Waals surface area contributed by atoms with Crippen LogP contribution < -0.4 is 10.6 Å². The van der Waals surface area contributed by atoms with Crippen LogP contribution in [0.3, 0.4) is 0 Å². The molecular formula is C17H13ClF3N5. The van der Waals surface area contributed by atoms with Gasteiger partial charge in [-0.25, -0.2) is 0 Å². The standard InChI is InChI=1S/C17H13ClF3N5/c18-13-7-6-12(17(19,20)21)8-14(13)24-15-10-23-26-16(25-15)22-9-11-4-2-1-3-5-11/h1-8,10H,9H2,(H2,22,24,25,26). The third-order valence-corrected chi connectivity index (χ3v) is 3.74. The number of hydrogen-bond acceptors (Lipinski definition) is 5. The van der Waals surface area contributed by atoms with E-state index in [0.717, 1.165) is 17.7 Å². The predicted molar refractivity (Wildman–Crippen MR) is 93.3 cm³/mol. The maximum Gasteiger partial charge on any atom is 0.416 e. The Bertz CT molecular complexity index is 887. The molecule has 134 valence electrons. The van der Waals surface area contributed by atoms with E-state index in [2.05, 4.69) is 25.8 Å². The van der Waals surface area contributed by atoms with Gasteiger partial charge in [0.25, 0.3) is 0 Å². The predicted octanol–water partition coefficient (Wildman–Crippen LogP) is 4.90. The molecule has 0 amide bonds. The molecule has 0 saturated carbocycles. The van der Waals surface area contributed by atoms with Crippen molar-refractivity contribution in [2.75, 3.05) is 10.6 Å². The van der Waals surface area contributed by atoms with E-state index in [9.17, 15) is 13.2 Å². The smallest absolute Gasteiger partial charge is 0.349 e. The minimum absolute atomic E-state index is 0.0796. The van der Waals surface area contributed by atoms with Crippen LogP contribution in [0.25, 0.3) is 0 Å². The quantitative estimate of drug-likeness (QED) is 0.660. The molecule has 2 aromatic carbocycles. The topological polar surface area (TPSA) is 62.7 Å². The highest BCUT2D eigenvalue weighted by Gasteiger charge is 2.31. The van der Waals surface area contributed by atoms with Crippen molar-refractivity contribution in [3.05, 3.63) is 70.9 Å². The third kappa shape index (κ3) is 4.60. The van der Waals surface area contributed by atoms with Gasteiger partial charge in [0.05, 0.1) is 22.5 Å². The molecule has 0 saturated heterocycles. The van der Waals surface area contributed by atoms with Crippen LogP contribution in [0, 0.1) is 0 Å². The Morgan fingerprint density at radius 3 is 2.54 bits per heavy atom. The fourth-order valence-electron chi connectivity index (χ4n) is 2.15. The fourth-order valence-corrected chi connectivity index (χ4v) is 2.32. The summed E-state index contributed by atoms with van der Waals surface area (Å²) >= 11 is 5.97. The lowest BCUT2D eigenvalue weighted by atomic mass is 10.2. The highest BCUT2D eigenvalue weighted by molar-refractivity contribution is 6.33. The SMILES string of the molecule is FC(F)(F)c1ccc(Cl)c(Nc2cnnc(NCc3ccccc3)n2)c1. The van der Waals surface area contributed by atoms with Gasteiger partial charge in [-0.05, 0) is 23.8 Å². The summed E-state index contributed by atoms with van der Waals surface area (Å²) in [7, 11) is 0. The second-order valence-corrected chi connectivity index (χ2v) is 5.73. The number of alkyl halides is 3. The zero-order valence-electron chi connectivity index (χ0n) is 13.3. The molecule has 3 rings (SSSR count). The monoisotopic (exact) mass is 379 g/mol. The van der Waals surface area contributed by atoms with Crippen LogP contribution in [0.4, 0.5) is 30.6 Å². The molecule has 1 aromatic heterocycles. The maximum atomic E-state index is 12.8. The Labute approximate surface area is 152 Å². The first kappa shape index (κ1) is 17.9. The second kappa shape index (κ2) is 7.57. The molecule has 0 radical (unpaired) electrons. The molecule has 0 atom stereocenters. The molecule has 0 aliphatic rings. The summed E-state index contributed by atoms with van der Waals surface area (Å²) in [4.78, 5) is 4.18. The zero-order valence-corrected chi connectivity index (χ0v) is 14.0. The molecular weight excluding hydrogens is 367 g/mol. The van der Waals surface area contributed by atoms with Gasteiger partial charge in [0.1, 0.15) is 0 Å². The Morgan fingerprint density at radius 2 is 1.81 bits per heavy atom. The first-order valence-corrected chi connectivity index (χ1v) is 7.91. The van der Waals surface area contributed by atoms with Crippen LogP contribution in [0.5, 0.6) is 0 Å². The summed E-state index contributed by atoms with van der Waals surface area (Å²) in [5, 5.41) is 13.5. The average Bonchev–Trinajstić information content (AvgIpc) is 2.62. The number of nitrogens with one attached hydrogen (secondary N) is 2. The van der Waals surface area contributed by atoms with Crippen molar-refractivity contribution < 1.29 is 13.2 Å². The lowest BCUT2D eigenvalue weighted by Gasteiger charge is -2.12. The zero-order chi connectivity index (χ0) is 18.6. The molecule has 26 heavy (non-hydrogen) atoms. The molecule has 0 fully saturated rings. The first-order valence-electron chi connectivity index (χ1n) is 7.53. The molecule has 0 aliphatic heterocycles. The van der Waals surface area contributed by atoms with E-state index < -0.39 is 11.7 Å². The highest BCUT2D eigenvalue weighted by atomic mass is 35.5. The van der Waals surface area contributed by atoms with E-state index >= 15 is 0 Å². The Kier molecular flexibility index (Phi) is 5.22. The van der Waals surface area contributed by atoms with Crippen molar-refractivity contribution in [2.24, 2.45) is 0 Å². The van der Waals surface area contributed by atoms with Crippen molar-refractivity contribution in [1.82, 2.24) is 15.2 Å². The van der Waals surface area contributed by atoms with Crippen molar-refractivity contribution in [3.8, 4) is 0 Å². The maximum absolute atomic E-state index is 12.8. The number of benzene rings is 2. The lowest BCUT2D eigenvalue weighted by molar-refractivity contribution is -0.137. The molecule has 3 aromatic rings. The van der Waals surface area contributed by atoms with Gasteiger partial charge < -0.3 is 10.6 Å². The van der Waals surface area contributed by atoms with Crippen molar-refractivity contribution >= 4 is 29.1 Å². The number of hydrogen-bond donors (Lipinski definition) is 2. The number of rotatable bonds is 5. The van der Waals surface area contributed by atoms with Gasteiger partial charge >= 0.3 is 6.18 Å². The molecule has 0 unspecified atom stereocenters. The molecule has 9 heteroatoms. The summed E-state index contributed by atoms with van der Waals surface area (Å²) in [5.74, 6) is 0.457. The van der Waals surface area contributed by atoms with E-state index in [1.54, 1.807) is 0 Å². The minimum atomic E-state index is -4.46. The van der Waals surface area contributed by atoms with E-state index in [1.807, 2.05) is 30.3 Å². The van der Waals surface area contributed by atoms with Crippen molar-refractivity contribution in [1.29, 1.82) is 0 Å². The van der Waals surface area contributed by atoms with Crippen LogP contribution in [0.2, 0.25) is 5.02 Å². The molecule has 0 aliphatic carbocycles. The van der Waals surface area contributed by atoms with Gasteiger partial charge in [-0.15, -0.1) is 5.10 Å². The normalized spacial score (nSPS) is 11.2. The summed E-state index contributed by atoms with van der Waals surface area (Å²) < 4.78 is 38.5. The van der Waals surface area contributed by atoms with Gasteiger partial charge in [0.2, 0.25) is 5.95 Å². The second-order valence-electron chi connectivity index (χ2n) is 5.32. The van der Waals surface area contributed by atoms with Gasteiger partial charge in [0, 0.05) is 6.54 Å². The first-order chi connectivity index (χ1) is 12.4. The van der Waals surface area contributed by atoms with Crippen LogP contribution >= 0.6 is 11.6 Å². The number of halogens is 4. The van der Waals surface area contributed by atoms with E-state index in [0.29, 0.717) is 6.54 Å². The summed E-state index contributed by atoms with van der Waals surface area (Å²) in [6.07, 6.45) is -3.17.